The van der Waals surface area contributed by atoms with Crippen LogP contribution >= 0.6 is 11.6 Å². The average molecular weight is 397 g/mol. The van der Waals surface area contributed by atoms with Crippen LogP contribution < -0.4 is 5.32 Å². The molecule has 1 aliphatic heterocycles. The quantitative estimate of drug-likeness (QED) is 0.738. The molecule has 1 N–H and O–H groups in total. The lowest BCUT2D eigenvalue weighted by Crippen LogP contribution is -2.33. The predicted octanol–water partition coefficient (Wildman–Crippen LogP) is 5.37. The number of hydrogen-bond donors (Lipinski definition) is 1. The fraction of sp³-hybridized carbons (Fsp3) is 0.304. The number of amides is 2. The van der Waals surface area contributed by atoms with E-state index in [1.54, 1.807) is 11.1 Å². The monoisotopic (exact) mass is 396 g/mol. The number of halogens is 1. The first-order valence-electron chi connectivity index (χ1n) is 9.62. The smallest absolute Gasteiger partial charge is 0.226 e. The van der Waals surface area contributed by atoms with Crippen molar-refractivity contribution < 1.29 is 9.59 Å². The van der Waals surface area contributed by atoms with Crippen LogP contribution in [0.5, 0.6) is 0 Å². The van der Waals surface area contributed by atoms with E-state index in [-0.39, 0.29) is 24.3 Å². The van der Waals surface area contributed by atoms with Gasteiger partial charge in [0, 0.05) is 23.8 Å². The molecule has 0 saturated heterocycles. The number of fused-ring (bicyclic) bond motifs is 1. The van der Waals surface area contributed by atoms with Gasteiger partial charge in [0.25, 0.3) is 0 Å². The first-order chi connectivity index (χ1) is 13.5. The Bertz CT molecular complexity index is 936. The summed E-state index contributed by atoms with van der Waals surface area (Å²) in [4.78, 5) is 26.7. The van der Waals surface area contributed by atoms with Crippen LogP contribution in [0.2, 0.25) is 5.02 Å². The Balaban J connectivity index is 1.89. The number of carbonyl (C=O) groups is 2. The SMILES string of the molecule is CCc1ccc(Cl)c(CC)c1NC(=O)CC1c2ccccc2C=CN1C(C)=O. The molecular weight excluding hydrogens is 372 g/mol. The number of anilines is 1. The van der Waals surface area contributed by atoms with E-state index in [1.165, 1.54) is 6.92 Å². The molecule has 0 aromatic heterocycles. The second-order valence-corrected chi connectivity index (χ2v) is 7.31. The average Bonchev–Trinajstić information content (AvgIpc) is 2.68. The molecule has 0 fully saturated rings. The Kier molecular flexibility index (Phi) is 6.20. The van der Waals surface area contributed by atoms with Crippen molar-refractivity contribution in [1.82, 2.24) is 4.90 Å². The third-order valence-electron chi connectivity index (χ3n) is 5.19. The lowest BCUT2D eigenvalue weighted by Gasteiger charge is -2.32. The molecule has 1 atom stereocenters. The van der Waals surface area contributed by atoms with Gasteiger partial charge in [0.15, 0.2) is 0 Å². The minimum atomic E-state index is -0.326. The van der Waals surface area contributed by atoms with E-state index in [0.29, 0.717) is 5.02 Å². The van der Waals surface area contributed by atoms with E-state index >= 15 is 0 Å². The van der Waals surface area contributed by atoms with E-state index < -0.39 is 0 Å². The molecule has 0 spiro atoms. The summed E-state index contributed by atoms with van der Waals surface area (Å²) < 4.78 is 0. The van der Waals surface area contributed by atoms with Gasteiger partial charge in [0.2, 0.25) is 11.8 Å². The van der Waals surface area contributed by atoms with Crippen LogP contribution in [0.1, 0.15) is 55.5 Å². The van der Waals surface area contributed by atoms with Gasteiger partial charge in [-0.3, -0.25) is 9.59 Å². The van der Waals surface area contributed by atoms with Crippen LogP contribution in [0.15, 0.2) is 42.6 Å². The zero-order chi connectivity index (χ0) is 20.3. The Morgan fingerprint density at radius 2 is 1.86 bits per heavy atom. The van der Waals surface area contributed by atoms with Crippen molar-refractivity contribution in [3.05, 3.63) is 69.9 Å². The highest BCUT2D eigenvalue weighted by molar-refractivity contribution is 6.32. The van der Waals surface area contributed by atoms with Gasteiger partial charge >= 0.3 is 0 Å². The second kappa shape index (κ2) is 8.61. The molecule has 2 amide bonds. The van der Waals surface area contributed by atoms with Crippen molar-refractivity contribution in [1.29, 1.82) is 0 Å². The van der Waals surface area contributed by atoms with Crippen LogP contribution in [0.3, 0.4) is 0 Å². The van der Waals surface area contributed by atoms with Gasteiger partial charge in [-0.15, -0.1) is 0 Å². The van der Waals surface area contributed by atoms with Crippen LogP contribution in [-0.4, -0.2) is 16.7 Å². The third-order valence-corrected chi connectivity index (χ3v) is 5.54. The van der Waals surface area contributed by atoms with E-state index in [1.807, 2.05) is 49.4 Å². The van der Waals surface area contributed by atoms with E-state index in [0.717, 1.165) is 40.8 Å². The minimum Gasteiger partial charge on any atom is -0.325 e. The minimum absolute atomic E-state index is 0.0881. The lowest BCUT2D eigenvalue weighted by atomic mass is 9.93. The van der Waals surface area contributed by atoms with Crippen LogP contribution in [0.25, 0.3) is 6.08 Å². The normalized spacial score (nSPS) is 15.3. The Hall–Kier alpha value is -2.59. The fourth-order valence-corrected chi connectivity index (χ4v) is 4.04. The van der Waals surface area contributed by atoms with Crippen molar-refractivity contribution in [2.45, 2.75) is 46.1 Å². The van der Waals surface area contributed by atoms with Crippen molar-refractivity contribution in [2.75, 3.05) is 5.32 Å². The molecule has 4 nitrogen and oxygen atoms in total. The van der Waals surface area contributed by atoms with Gasteiger partial charge in [-0.25, -0.2) is 0 Å². The third kappa shape index (κ3) is 3.97. The van der Waals surface area contributed by atoms with E-state index in [2.05, 4.69) is 12.2 Å². The number of nitrogens with one attached hydrogen (secondary N) is 1. The highest BCUT2D eigenvalue weighted by Gasteiger charge is 2.28. The number of nitrogens with zero attached hydrogens (tertiary/aromatic N) is 1. The second-order valence-electron chi connectivity index (χ2n) is 6.91. The number of hydrogen-bond acceptors (Lipinski definition) is 2. The number of aryl methyl sites for hydroxylation is 1. The summed E-state index contributed by atoms with van der Waals surface area (Å²) >= 11 is 6.35. The molecule has 1 heterocycles. The number of benzene rings is 2. The molecule has 0 saturated carbocycles. The molecule has 5 heteroatoms. The van der Waals surface area contributed by atoms with Crippen molar-refractivity contribution in [3.8, 4) is 0 Å². The maximum Gasteiger partial charge on any atom is 0.226 e. The summed E-state index contributed by atoms with van der Waals surface area (Å²) in [5.74, 6) is -0.220. The molecule has 2 aromatic carbocycles. The molecule has 1 aliphatic rings. The van der Waals surface area contributed by atoms with Gasteiger partial charge < -0.3 is 10.2 Å². The lowest BCUT2D eigenvalue weighted by molar-refractivity contribution is -0.129. The number of rotatable bonds is 5. The van der Waals surface area contributed by atoms with Gasteiger partial charge in [0.1, 0.15) is 0 Å². The van der Waals surface area contributed by atoms with Crippen molar-refractivity contribution in [3.63, 3.8) is 0 Å². The summed E-state index contributed by atoms with van der Waals surface area (Å²) in [5.41, 5.74) is 4.82. The molecular formula is C23H25ClN2O2. The largest absolute Gasteiger partial charge is 0.325 e. The summed E-state index contributed by atoms with van der Waals surface area (Å²) in [7, 11) is 0. The highest BCUT2D eigenvalue weighted by atomic mass is 35.5. The molecule has 0 bridgehead atoms. The molecule has 146 valence electrons. The first-order valence-corrected chi connectivity index (χ1v) is 10.00. The zero-order valence-electron chi connectivity index (χ0n) is 16.5. The standard InChI is InChI=1S/C23H25ClN2O2/c1-4-16-10-11-20(24)18(5-2)23(16)25-22(28)14-21-19-9-7-6-8-17(19)12-13-26(21)15(3)27/h6-13,21H,4-5,14H2,1-3H3,(H,25,28). The Labute approximate surface area is 171 Å². The predicted molar refractivity (Wildman–Crippen MR) is 114 cm³/mol. The van der Waals surface area contributed by atoms with E-state index in [9.17, 15) is 9.59 Å². The van der Waals surface area contributed by atoms with Crippen LogP contribution in [0, 0.1) is 0 Å². The van der Waals surface area contributed by atoms with Crippen LogP contribution in [-0.2, 0) is 22.4 Å². The van der Waals surface area contributed by atoms with Gasteiger partial charge in [-0.1, -0.05) is 55.8 Å². The van der Waals surface area contributed by atoms with Gasteiger partial charge in [0.05, 0.1) is 12.5 Å². The maximum atomic E-state index is 13.0. The fourth-order valence-electron chi connectivity index (χ4n) is 3.75. The zero-order valence-corrected chi connectivity index (χ0v) is 17.2. The summed E-state index contributed by atoms with van der Waals surface area (Å²) in [6.07, 6.45) is 5.38. The van der Waals surface area contributed by atoms with Gasteiger partial charge in [-0.2, -0.15) is 0 Å². The number of carbonyl (C=O) groups excluding carboxylic acids is 2. The molecule has 1 unspecified atom stereocenters. The first kappa shape index (κ1) is 20.2. The summed E-state index contributed by atoms with van der Waals surface area (Å²) in [6, 6.07) is 11.4. The molecule has 0 radical (unpaired) electrons. The Morgan fingerprint density at radius 1 is 1.11 bits per heavy atom. The van der Waals surface area contributed by atoms with Crippen molar-refractivity contribution >= 4 is 35.2 Å². The summed E-state index contributed by atoms with van der Waals surface area (Å²) in [5, 5.41) is 3.73. The van der Waals surface area contributed by atoms with Gasteiger partial charge in [-0.05, 0) is 47.2 Å². The highest BCUT2D eigenvalue weighted by Crippen LogP contribution is 2.34. The maximum absolute atomic E-state index is 13.0. The molecule has 28 heavy (non-hydrogen) atoms. The topological polar surface area (TPSA) is 49.4 Å². The summed E-state index contributed by atoms with van der Waals surface area (Å²) in [6.45, 7) is 5.60. The van der Waals surface area contributed by atoms with Crippen molar-refractivity contribution in [2.24, 2.45) is 0 Å². The van der Waals surface area contributed by atoms with Crippen LogP contribution in [0.4, 0.5) is 5.69 Å². The van der Waals surface area contributed by atoms with E-state index in [4.69, 9.17) is 11.6 Å². The molecule has 0 aliphatic carbocycles. The Morgan fingerprint density at radius 3 is 2.54 bits per heavy atom. The molecule has 3 rings (SSSR count). The molecule has 2 aromatic rings.